The summed E-state index contributed by atoms with van der Waals surface area (Å²) in [6.45, 7) is -0.411. The molecule has 2 N–H and O–H groups in total. The third-order valence-electron chi connectivity index (χ3n) is 1.76. The van der Waals surface area contributed by atoms with Crippen LogP contribution in [-0.2, 0) is 30.4 Å². The van der Waals surface area contributed by atoms with Gasteiger partial charge < -0.3 is 5.11 Å². The number of nitro benzene ring substituents is 1. The summed E-state index contributed by atoms with van der Waals surface area (Å²) >= 11 is 0. The molecule has 9 heteroatoms. The second-order valence-electron chi connectivity index (χ2n) is 2.87. The summed E-state index contributed by atoms with van der Waals surface area (Å²) in [4.78, 5) is 9.65. The van der Waals surface area contributed by atoms with E-state index in [1.54, 1.807) is 0 Å². The van der Waals surface area contributed by atoms with E-state index in [2.05, 4.69) is 4.72 Å². The van der Waals surface area contributed by atoms with Crippen molar-refractivity contribution in [2.45, 2.75) is 4.90 Å². The van der Waals surface area contributed by atoms with Crippen molar-refractivity contribution in [3.63, 3.8) is 0 Å². The SMILES string of the molecule is O=[N+]([O-])c1ccc(S(=O)(=O)NCCO)cc1.[Pd]. The first-order chi connectivity index (χ1) is 7.47. The van der Waals surface area contributed by atoms with Gasteiger partial charge in [-0.25, -0.2) is 13.1 Å². The van der Waals surface area contributed by atoms with Crippen LogP contribution in [0.5, 0.6) is 0 Å². The molecule has 0 spiro atoms. The zero-order chi connectivity index (χ0) is 12.2. The number of hydrogen-bond acceptors (Lipinski definition) is 5. The third-order valence-corrected chi connectivity index (χ3v) is 3.24. The maximum atomic E-state index is 11.5. The Morgan fingerprint density at radius 2 is 1.82 bits per heavy atom. The van der Waals surface area contributed by atoms with Crippen molar-refractivity contribution < 1.29 is 38.9 Å². The van der Waals surface area contributed by atoms with E-state index >= 15 is 0 Å². The molecule has 0 amide bonds. The molecule has 1 rings (SSSR count). The van der Waals surface area contributed by atoms with E-state index in [-0.39, 0.29) is 44.2 Å². The molecule has 0 aromatic heterocycles. The molecule has 0 fully saturated rings. The van der Waals surface area contributed by atoms with Gasteiger partial charge in [-0.1, -0.05) is 0 Å². The third kappa shape index (κ3) is 4.49. The fourth-order valence-electron chi connectivity index (χ4n) is 1.01. The number of hydrogen-bond donors (Lipinski definition) is 2. The standard InChI is InChI=1S/C8H10N2O5S.Pd/c11-6-5-9-16(14,15)8-3-1-7(2-4-8)10(12)13;/h1-4,9,11H,5-6H2;. The van der Waals surface area contributed by atoms with Crippen LogP contribution in [0.15, 0.2) is 29.2 Å². The van der Waals surface area contributed by atoms with Crippen LogP contribution in [0.25, 0.3) is 0 Å². The van der Waals surface area contributed by atoms with Crippen LogP contribution in [0.3, 0.4) is 0 Å². The minimum absolute atomic E-state index is 0. The van der Waals surface area contributed by atoms with Crippen molar-refractivity contribution in [2.75, 3.05) is 13.2 Å². The number of non-ortho nitro benzene ring substituents is 1. The molecule has 0 unspecified atom stereocenters. The summed E-state index contributed by atoms with van der Waals surface area (Å²) in [6, 6.07) is 4.48. The summed E-state index contributed by atoms with van der Waals surface area (Å²) in [6.07, 6.45) is 0. The monoisotopic (exact) mass is 352 g/mol. The van der Waals surface area contributed by atoms with E-state index in [0.717, 1.165) is 24.3 Å². The molecule has 0 saturated heterocycles. The Kier molecular flexibility index (Phi) is 6.44. The Balaban J connectivity index is 0.00000256. The predicted molar refractivity (Wildman–Crippen MR) is 55.4 cm³/mol. The van der Waals surface area contributed by atoms with Crippen LogP contribution in [-0.4, -0.2) is 31.6 Å². The fourth-order valence-corrected chi connectivity index (χ4v) is 2.03. The summed E-state index contributed by atoms with van der Waals surface area (Å²) < 4.78 is 25.1. The number of aliphatic hydroxyl groups is 1. The maximum Gasteiger partial charge on any atom is 0.269 e. The molecule has 1 aromatic rings. The normalized spacial score (nSPS) is 10.6. The van der Waals surface area contributed by atoms with Gasteiger partial charge in [-0.2, -0.15) is 0 Å². The zero-order valence-corrected chi connectivity index (χ0v) is 10.8. The molecule has 17 heavy (non-hydrogen) atoms. The molecule has 1 aromatic carbocycles. The first kappa shape index (κ1) is 16.2. The Morgan fingerprint density at radius 1 is 1.29 bits per heavy atom. The number of nitrogens with zero attached hydrogens (tertiary/aromatic N) is 1. The molecule has 0 aliphatic carbocycles. The smallest absolute Gasteiger partial charge is 0.269 e. The van der Waals surface area contributed by atoms with Crippen molar-refractivity contribution in [3.8, 4) is 0 Å². The van der Waals surface area contributed by atoms with Crippen molar-refractivity contribution in [1.82, 2.24) is 4.72 Å². The predicted octanol–water partition coefficient (Wildman–Crippen LogP) is -0.137. The molecule has 98 valence electrons. The van der Waals surface area contributed by atoms with Crippen LogP contribution in [0.2, 0.25) is 0 Å². The van der Waals surface area contributed by atoms with Gasteiger partial charge in [0.2, 0.25) is 10.0 Å². The van der Waals surface area contributed by atoms with Gasteiger partial charge in [0.25, 0.3) is 5.69 Å². The molecule has 0 atom stereocenters. The number of nitro groups is 1. The first-order valence-corrected chi connectivity index (χ1v) is 5.80. The van der Waals surface area contributed by atoms with Gasteiger partial charge >= 0.3 is 0 Å². The number of aliphatic hydroxyl groups excluding tert-OH is 1. The van der Waals surface area contributed by atoms with E-state index < -0.39 is 14.9 Å². The number of rotatable bonds is 5. The molecular formula is C8H10N2O5PdS. The number of benzene rings is 1. The van der Waals surface area contributed by atoms with Crippen LogP contribution in [0.1, 0.15) is 0 Å². The van der Waals surface area contributed by atoms with Crippen molar-refractivity contribution in [1.29, 1.82) is 0 Å². The van der Waals surface area contributed by atoms with Crippen molar-refractivity contribution in [3.05, 3.63) is 34.4 Å². The first-order valence-electron chi connectivity index (χ1n) is 4.32. The molecule has 7 nitrogen and oxygen atoms in total. The van der Waals surface area contributed by atoms with Crippen molar-refractivity contribution >= 4 is 15.7 Å². The van der Waals surface area contributed by atoms with Gasteiger partial charge in [0.05, 0.1) is 16.4 Å². The fraction of sp³-hybridized carbons (Fsp3) is 0.250. The largest absolute Gasteiger partial charge is 0.395 e. The summed E-state index contributed by atoms with van der Waals surface area (Å²) in [5.74, 6) is 0. The van der Waals surface area contributed by atoms with E-state index in [4.69, 9.17) is 5.11 Å². The Morgan fingerprint density at radius 3 is 2.24 bits per heavy atom. The molecule has 0 aliphatic rings. The molecule has 0 heterocycles. The second-order valence-corrected chi connectivity index (χ2v) is 4.64. The zero-order valence-electron chi connectivity index (χ0n) is 8.48. The van der Waals surface area contributed by atoms with Crippen LogP contribution in [0.4, 0.5) is 5.69 Å². The van der Waals surface area contributed by atoms with E-state index in [1.807, 2.05) is 0 Å². The average Bonchev–Trinajstić information content (AvgIpc) is 2.26. The van der Waals surface area contributed by atoms with Crippen LogP contribution in [0, 0.1) is 10.1 Å². The second kappa shape index (κ2) is 6.78. The molecule has 0 bridgehead atoms. The maximum absolute atomic E-state index is 11.5. The summed E-state index contributed by atoms with van der Waals surface area (Å²) in [5.41, 5.74) is -0.180. The van der Waals surface area contributed by atoms with Gasteiger partial charge in [0.15, 0.2) is 0 Å². The minimum atomic E-state index is -3.70. The number of nitrogens with one attached hydrogen (secondary N) is 1. The summed E-state index contributed by atoms with van der Waals surface area (Å²) in [7, 11) is -3.70. The van der Waals surface area contributed by atoms with Crippen LogP contribution >= 0.6 is 0 Å². The van der Waals surface area contributed by atoms with E-state index in [0.29, 0.717) is 0 Å². The van der Waals surface area contributed by atoms with Gasteiger partial charge in [-0.3, -0.25) is 10.1 Å². The summed E-state index contributed by atoms with van der Waals surface area (Å²) in [5, 5.41) is 18.8. The van der Waals surface area contributed by atoms with Crippen LogP contribution < -0.4 is 4.72 Å². The van der Waals surface area contributed by atoms with Crippen molar-refractivity contribution in [2.24, 2.45) is 0 Å². The van der Waals surface area contributed by atoms with Gasteiger partial charge in [0.1, 0.15) is 0 Å². The van der Waals surface area contributed by atoms with E-state index in [1.165, 1.54) is 0 Å². The van der Waals surface area contributed by atoms with E-state index in [9.17, 15) is 18.5 Å². The molecule has 0 radical (unpaired) electrons. The Hall–Kier alpha value is -0.848. The van der Waals surface area contributed by atoms with Gasteiger partial charge in [-0.15, -0.1) is 0 Å². The number of sulfonamides is 1. The Bertz CT molecular complexity index is 473. The van der Waals surface area contributed by atoms with Gasteiger partial charge in [0, 0.05) is 39.1 Å². The van der Waals surface area contributed by atoms with Gasteiger partial charge in [-0.05, 0) is 12.1 Å². The molecular weight excluding hydrogens is 343 g/mol. The minimum Gasteiger partial charge on any atom is -0.395 e. The quantitative estimate of drug-likeness (QED) is 0.435. The Labute approximate surface area is 112 Å². The molecule has 0 aliphatic heterocycles. The molecule has 0 saturated carbocycles. The topological polar surface area (TPSA) is 110 Å². The average molecular weight is 353 g/mol.